The number of amides is 1. The number of hydrogen-bond acceptors (Lipinski definition) is 6. The third-order valence-corrected chi connectivity index (χ3v) is 4.39. The van der Waals surface area contributed by atoms with Gasteiger partial charge in [0.15, 0.2) is 11.5 Å². The molecule has 1 amide bonds. The molecular weight excluding hydrogens is 379 g/mol. The number of pyridine rings is 1. The maximum Gasteiger partial charge on any atom is 0.340 e. The van der Waals surface area contributed by atoms with Gasteiger partial charge in [-0.15, -0.1) is 0 Å². The standard InChI is InChI=1S/C21H19FN2O5/c1-11-14(7-12-5-6-13(22)8-16(12)23-11)20(25)24-17-10-19(28-3)18(27-2)9-15(17)21(26)29-4/h5-10H,1-4H3,(H,24,25). The number of esters is 1. The molecule has 29 heavy (non-hydrogen) atoms. The number of nitrogens with zero attached hydrogens (tertiary/aromatic N) is 1. The molecule has 1 aromatic heterocycles. The van der Waals surface area contributed by atoms with Gasteiger partial charge in [-0.25, -0.2) is 9.18 Å². The number of aromatic nitrogens is 1. The Labute approximate surface area is 166 Å². The summed E-state index contributed by atoms with van der Waals surface area (Å²) in [6.45, 7) is 1.65. The zero-order valence-electron chi connectivity index (χ0n) is 16.3. The molecule has 3 aromatic rings. The van der Waals surface area contributed by atoms with E-state index in [4.69, 9.17) is 14.2 Å². The van der Waals surface area contributed by atoms with Gasteiger partial charge in [0, 0.05) is 23.6 Å². The highest BCUT2D eigenvalue weighted by atomic mass is 19.1. The van der Waals surface area contributed by atoms with Gasteiger partial charge in [-0.3, -0.25) is 9.78 Å². The van der Waals surface area contributed by atoms with Gasteiger partial charge >= 0.3 is 5.97 Å². The normalized spacial score (nSPS) is 10.5. The van der Waals surface area contributed by atoms with E-state index in [-0.39, 0.29) is 16.8 Å². The molecule has 8 heteroatoms. The molecule has 0 bridgehead atoms. The van der Waals surface area contributed by atoms with E-state index >= 15 is 0 Å². The molecule has 1 heterocycles. The fourth-order valence-corrected chi connectivity index (χ4v) is 2.92. The van der Waals surface area contributed by atoms with Crippen molar-refractivity contribution in [3.05, 3.63) is 59.0 Å². The highest BCUT2D eigenvalue weighted by molar-refractivity contribution is 6.10. The minimum atomic E-state index is -0.648. The second-order valence-corrected chi connectivity index (χ2v) is 6.16. The van der Waals surface area contributed by atoms with Crippen LogP contribution >= 0.6 is 0 Å². The summed E-state index contributed by atoms with van der Waals surface area (Å²) in [5.41, 5.74) is 1.45. The number of halogens is 1. The van der Waals surface area contributed by atoms with Crippen molar-refractivity contribution in [1.29, 1.82) is 0 Å². The van der Waals surface area contributed by atoms with E-state index in [0.717, 1.165) is 0 Å². The average molecular weight is 398 g/mol. The number of hydrogen-bond donors (Lipinski definition) is 1. The van der Waals surface area contributed by atoms with Crippen LogP contribution in [0.1, 0.15) is 26.4 Å². The van der Waals surface area contributed by atoms with Crippen LogP contribution in [0.5, 0.6) is 11.5 Å². The Morgan fingerprint density at radius 3 is 2.31 bits per heavy atom. The summed E-state index contributed by atoms with van der Waals surface area (Å²) < 4.78 is 28.7. The van der Waals surface area contributed by atoms with Crippen molar-refractivity contribution in [3.8, 4) is 11.5 Å². The molecule has 0 fully saturated rings. The molecule has 0 aliphatic carbocycles. The molecule has 0 aliphatic rings. The molecule has 0 radical (unpaired) electrons. The van der Waals surface area contributed by atoms with Crippen LogP contribution in [-0.2, 0) is 4.74 Å². The lowest BCUT2D eigenvalue weighted by atomic mass is 10.1. The second-order valence-electron chi connectivity index (χ2n) is 6.16. The largest absolute Gasteiger partial charge is 0.493 e. The van der Waals surface area contributed by atoms with Crippen molar-refractivity contribution in [2.24, 2.45) is 0 Å². The maximum absolute atomic E-state index is 13.4. The first-order valence-corrected chi connectivity index (χ1v) is 8.60. The molecule has 0 saturated carbocycles. The van der Waals surface area contributed by atoms with Crippen LogP contribution in [0.15, 0.2) is 36.4 Å². The van der Waals surface area contributed by atoms with Crippen molar-refractivity contribution >= 4 is 28.5 Å². The first kappa shape index (κ1) is 20.1. The Bertz CT molecular complexity index is 1110. The van der Waals surface area contributed by atoms with Crippen LogP contribution in [0.4, 0.5) is 10.1 Å². The van der Waals surface area contributed by atoms with Crippen molar-refractivity contribution in [1.82, 2.24) is 4.98 Å². The van der Waals surface area contributed by atoms with Gasteiger partial charge in [0.2, 0.25) is 0 Å². The van der Waals surface area contributed by atoms with Gasteiger partial charge in [-0.05, 0) is 25.1 Å². The summed E-state index contributed by atoms with van der Waals surface area (Å²) in [5.74, 6) is -0.894. The van der Waals surface area contributed by atoms with E-state index in [1.807, 2.05) is 0 Å². The molecule has 1 N–H and O–H groups in total. The van der Waals surface area contributed by atoms with E-state index in [1.165, 1.54) is 45.6 Å². The molecule has 7 nitrogen and oxygen atoms in total. The first-order chi connectivity index (χ1) is 13.9. The predicted octanol–water partition coefficient (Wildman–Crippen LogP) is 3.74. The van der Waals surface area contributed by atoms with Crippen LogP contribution in [-0.4, -0.2) is 38.2 Å². The molecule has 0 aliphatic heterocycles. The van der Waals surface area contributed by atoms with Crippen molar-refractivity contribution in [2.45, 2.75) is 6.92 Å². The first-order valence-electron chi connectivity index (χ1n) is 8.60. The number of carbonyl (C=O) groups excluding carboxylic acids is 2. The Kier molecular flexibility index (Phi) is 5.63. The lowest BCUT2D eigenvalue weighted by Crippen LogP contribution is -2.17. The number of rotatable bonds is 5. The summed E-state index contributed by atoms with van der Waals surface area (Å²) >= 11 is 0. The number of anilines is 1. The van der Waals surface area contributed by atoms with Crippen molar-refractivity contribution in [2.75, 3.05) is 26.6 Å². The smallest absolute Gasteiger partial charge is 0.340 e. The topological polar surface area (TPSA) is 86.8 Å². The molecular formula is C21H19FN2O5. The number of benzene rings is 2. The van der Waals surface area contributed by atoms with Crippen LogP contribution in [0, 0.1) is 12.7 Å². The van der Waals surface area contributed by atoms with Crippen LogP contribution in [0.2, 0.25) is 0 Å². The van der Waals surface area contributed by atoms with Gasteiger partial charge in [0.1, 0.15) is 5.82 Å². The third kappa shape index (κ3) is 3.96. The number of ether oxygens (including phenoxy) is 3. The second kappa shape index (κ2) is 8.14. The zero-order valence-corrected chi connectivity index (χ0v) is 16.3. The number of aryl methyl sites for hydroxylation is 1. The fraction of sp³-hybridized carbons (Fsp3) is 0.190. The quantitative estimate of drug-likeness (QED) is 0.659. The SMILES string of the molecule is COC(=O)c1cc(OC)c(OC)cc1NC(=O)c1cc2ccc(F)cc2nc1C. The number of fused-ring (bicyclic) bond motifs is 1. The Balaban J connectivity index is 2.04. The highest BCUT2D eigenvalue weighted by Gasteiger charge is 2.21. The molecule has 0 unspecified atom stereocenters. The summed E-state index contributed by atoms with van der Waals surface area (Å²) in [7, 11) is 4.11. The average Bonchev–Trinajstić information content (AvgIpc) is 2.72. The Morgan fingerprint density at radius 1 is 0.966 bits per heavy atom. The molecule has 2 aromatic carbocycles. The number of nitrogens with one attached hydrogen (secondary N) is 1. The maximum atomic E-state index is 13.4. The molecule has 3 rings (SSSR count). The van der Waals surface area contributed by atoms with Gasteiger partial charge in [-0.1, -0.05) is 0 Å². The lowest BCUT2D eigenvalue weighted by Gasteiger charge is -2.15. The van der Waals surface area contributed by atoms with E-state index in [1.54, 1.807) is 19.1 Å². The number of carbonyl (C=O) groups is 2. The summed E-state index contributed by atoms with van der Waals surface area (Å²) in [6.07, 6.45) is 0. The number of methoxy groups -OCH3 is 3. The van der Waals surface area contributed by atoms with Crippen LogP contribution in [0.3, 0.4) is 0 Å². The third-order valence-electron chi connectivity index (χ3n) is 4.39. The Hall–Kier alpha value is -3.68. The monoisotopic (exact) mass is 398 g/mol. The van der Waals surface area contributed by atoms with Crippen LogP contribution in [0.25, 0.3) is 10.9 Å². The van der Waals surface area contributed by atoms with Crippen molar-refractivity contribution in [3.63, 3.8) is 0 Å². The Morgan fingerprint density at radius 2 is 1.66 bits per heavy atom. The molecule has 0 atom stereocenters. The minimum absolute atomic E-state index is 0.104. The van der Waals surface area contributed by atoms with Gasteiger partial charge in [0.25, 0.3) is 5.91 Å². The van der Waals surface area contributed by atoms with Crippen LogP contribution < -0.4 is 14.8 Å². The van der Waals surface area contributed by atoms with Gasteiger partial charge in [-0.2, -0.15) is 0 Å². The highest BCUT2D eigenvalue weighted by Crippen LogP contribution is 2.34. The van der Waals surface area contributed by atoms with Crippen molar-refractivity contribution < 1.29 is 28.2 Å². The molecule has 0 saturated heterocycles. The van der Waals surface area contributed by atoms with E-state index in [2.05, 4.69) is 10.3 Å². The van der Waals surface area contributed by atoms with E-state index in [9.17, 15) is 14.0 Å². The summed E-state index contributed by atoms with van der Waals surface area (Å²) in [4.78, 5) is 29.4. The zero-order chi connectivity index (χ0) is 21.1. The lowest BCUT2D eigenvalue weighted by molar-refractivity contribution is 0.0601. The van der Waals surface area contributed by atoms with E-state index in [0.29, 0.717) is 28.1 Å². The summed E-state index contributed by atoms with van der Waals surface area (Å²) in [6, 6.07) is 8.66. The predicted molar refractivity (Wildman–Crippen MR) is 105 cm³/mol. The fourth-order valence-electron chi connectivity index (χ4n) is 2.92. The molecule has 0 spiro atoms. The van der Waals surface area contributed by atoms with Gasteiger partial charge in [0.05, 0.1) is 49.4 Å². The minimum Gasteiger partial charge on any atom is -0.493 e. The summed E-state index contributed by atoms with van der Waals surface area (Å²) in [5, 5.41) is 3.31. The van der Waals surface area contributed by atoms with Gasteiger partial charge < -0.3 is 19.5 Å². The van der Waals surface area contributed by atoms with E-state index < -0.39 is 17.7 Å². The molecule has 150 valence electrons.